The predicted octanol–water partition coefficient (Wildman–Crippen LogP) is 1.73. The largest absolute Gasteiger partial charge is 0.305 e. The van der Waals surface area contributed by atoms with Crippen LogP contribution in [0.5, 0.6) is 0 Å². The van der Waals surface area contributed by atoms with Crippen LogP contribution >= 0.6 is 0 Å². The summed E-state index contributed by atoms with van der Waals surface area (Å²) in [6, 6.07) is 7.53. The molecule has 0 aliphatic rings. The van der Waals surface area contributed by atoms with Crippen LogP contribution in [0.3, 0.4) is 0 Å². The lowest BCUT2D eigenvalue weighted by molar-refractivity contribution is -0.128. The molecule has 1 aromatic rings. The smallest absolute Gasteiger partial charge is 0.261 e. The van der Waals surface area contributed by atoms with Crippen LogP contribution in [-0.2, 0) is 11.2 Å². The molecule has 52 valence electrons. The molecule has 0 heterocycles. The maximum Gasteiger partial charge on any atom is 0.305 e. The molecule has 0 radical (unpaired) electrons. The number of hydrogen-bond acceptors (Lipinski definition) is 1. The molecule has 1 nitrogen and oxygen atoms in total. The van der Waals surface area contributed by atoms with Gasteiger partial charge in [0.15, 0.2) is 0 Å². The third-order valence-electron chi connectivity index (χ3n) is 1.19. The zero-order valence-corrected chi connectivity index (χ0v) is 5.38. The second kappa shape index (κ2) is 3.11. The van der Waals surface area contributed by atoms with E-state index in [0.29, 0.717) is 0 Å². The zero-order valence-electron chi connectivity index (χ0n) is 5.38. The third-order valence-corrected chi connectivity index (χ3v) is 1.19. The van der Waals surface area contributed by atoms with Crippen molar-refractivity contribution in [3.8, 4) is 0 Å². The first kappa shape index (κ1) is 6.93. The summed E-state index contributed by atoms with van der Waals surface area (Å²) in [5.41, 5.74) is 0.718. The van der Waals surface area contributed by atoms with Gasteiger partial charge in [0.25, 0.3) is 0 Å². The predicted molar refractivity (Wildman–Crippen MR) is 36.3 cm³/mol. The van der Waals surface area contributed by atoms with Crippen molar-refractivity contribution in [2.24, 2.45) is 0 Å². The summed E-state index contributed by atoms with van der Waals surface area (Å²) in [6.07, 6.45) is -0.110. The summed E-state index contributed by atoms with van der Waals surface area (Å²) in [5.74, 6) is 0. The quantitative estimate of drug-likeness (QED) is 0.569. The molecule has 0 aliphatic heterocycles. The van der Waals surface area contributed by atoms with Crippen molar-refractivity contribution in [1.82, 2.24) is 0 Å². The van der Waals surface area contributed by atoms with Gasteiger partial charge < -0.3 is 0 Å². The van der Waals surface area contributed by atoms with Gasteiger partial charge in [-0.3, -0.25) is 4.79 Å². The summed E-state index contributed by atoms with van der Waals surface area (Å²) in [5, 5.41) is 0. The summed E-state index contributed by atoms with van der Waals surface area (Å²) in [6.45, 7) is 0. The van der Waals surface area contributed by atoms with Gasteiger partial charge in [0.2, 0.25) is 0 Å². The van der Waals surface area contributed by atoms with E-state index in [1.54, 1.807) is 24.3 Å². The highest BCUT2D eigenvalue weighted by Crippen LogP contribution is 1.99. The molecule has 0 unspecified atom stereocenters. The molecule has 0 atom stereocenters. The number of rotatable bonds is 2. The number of hydrogen-bond donors (Lipinski definition) is 0. The van der Waals surface area contributed by atoms with Gasteiger partial charge in [0.1, 0.15) is 0 Å². The Bertz CT molecular complexity index is 218. The van der Waals surface area contributed by atoms with E-state index in [1.165, 1.54) is 0 Å². The van der Waals surface area contributed by atoms with Crippen LogP contribution in [0, 0.1) is 0 Å². The Morgan fingerprint density at radius 1 is 1.30 bits per heavy atom. The molecule has 0 spiro atoms. The van der Waals surface area contributed by atoms with Crippen LogP contribution < -0.4 is 0 Å². The van der Waals surface area contributed by atoms with Gasteiger partial charge >= 0.3 is 6.04 Å². The maximum absolute atomic E-state index is 11.7. The van der Waals surface area contributed by atoms with E-state index in [4.69, 9.17) is 0 Å². The molecule has 0 saturated carbocycles. The van der Waals surface area contributed by atoms with Crippen LogP contribution in [0.15, 0.2) is 30.3 Å². The molecule has 0 aliphatic carbocycles. The van der Waals surface area contributed by atoms with Crippen molar-refractivity contribution in [3.63, 3.8) is 0 Å². The lowest BCUT2D eigenvalue weighted by atomic mass is 10.2. The van der Waals surface area contributed by atoms with Crippen molar-refractivity contribution in [1.29, 1.82) is 0 Å². The molecule has 0 aromatic heterocycles. The monoisotopic (exact) mass is 138 g/mol. The Kier molecular flexibility index (Phi) is 2.15. The van der Waals surface area contributed by atoms with E-state index in [1.807, 2.05) is 6.07 Å². The molecule has 0 bridgehead atoms. The van der Waals surface area contributed by atoms with Gasteiger partial charge in [-0.2, -0.15) is 4.39 Å². The van der Waals surface area contributed by atoms with E-state index in [0.717, 1.165) is 5.56 Å². The van der Waals surface area contributed by atoms with Crippen LogP contribution in [0.1, 0.15) is 5.56 Å². The molecule has 0 N–H and O–H groups in total. The van der Waals surface area contributed by atoms with Crippen molar-refractivity contribution < 1.29 is 9.18 Å². The summed E-state index contributed by atoms with van der Waals surface area (Å²) >= 11 is 0. The minimum Gasteiger partial charge on any atom is -0.261 e. The van der Waals surface area contributed by atoms with Crippen LogP contribution in [-0.4, -0.2) is 6.04 Å². The molecule has 0 fully saturated rings. The van der Waals surface area contributed by atoms with Gasteiger partial charge in [-0.1, -0.05) is 30.3 Å². The topological polar surface area (TPSA) is 17.1 Å². The fourth-order valence-electron chi connectivity index (χ4n) is 0.756. The zero-order chi connectivity index (χ0) is 7.40. The Balaban J connectivity index is 2.67. The maximum atomic E-state index is 11.7. The van der Waals surface area contributed by atoms with Crippen molar-refractivity contribution in [3.05, 3.63) is 35.9 Å². The van der Waals surface area contributed by atoms with Crippen LogP contribution in [0.25, 0.3) is 0 Å². The summed E-state index contributed by atoms with van der Waals surface area (Å²) in [7, 11) is 0. The number of carbonyl (C=O) groups excluding carboxylic acids is 1. The number of benzene rings is 1. The van der Waals surface area contributed by atoms with E-state index >= 15 is 0 Å². The van der Waals surface area contributed by atoms with Crippen molar-refractivity contribution in [2.45, 2.75) is 6.42 Å². The van der Waals surface area contributed by atoms with Gasteiger partial charge in [0.05, 0.1) is 6.42 Å². The standard InChI is InChI=1S/C8H7FO/c9-8(10)6-7-4-2-1-3-5-7/h1-5H,6H2. The Hall–Kier alpha value is -1.18. The third kappa shape index (κ3) is 1.97. The molecule has 0 saturated heterocycles. The van der Waals surface area contributed by atoms with E-state index in [9.17, 15) is 9.18 Å². The molecule has 1 rings (SSSR count). The lowest BCUT2D eigenvalue weighted by Crippen LogP contribution is -1.92. The van der Waals surface area contributed by atoms with Crippen LogP contribution in [0.4, 0.5) is 4.39 Å². The minimum absolute atomic E-state index is 0.110. The molecule has 2 heteroatoms. The normalized spacial score (nSPS) is 9.30. The van der Waals surface area contributed by atoms with Crippen LogP contribution in [0.2, 0.25) is 0 Å². The Labute approximate surface area is 58.5 Å². The van der Waals surface area contributed by atoms with Gasteiger partial charge in [-0.25, -0.2) is 0 Å². The first-order chi connectivity index (χ1) is 4.79. The number of carbonyl (C=O) groups is 1. The average molecular weight is 138 g/mol. The minimum atomic E-state index is -1.29. The Morgan fingerprint density at radius 3 is 2.40 bits per heavy atom. The molecule has 1 aromatic carbocycles. The fraction of sp³-hybridized carbons (Fsp3) is 0.125. The Morgan fingerprint density at radius 2 is 1.90 bits per heavy atom. The number of halogens is 1. The first-order valence-electron chi connectivity index (χ1n) is 3.01. The SMILES string of the molecule is O=C(F)Cc1ccccc1. The lowest BCUT2D eigenvalue weighted by Gasteiger charge is -1.91. The highest BCUT2D eigenvalue weighted by Gasteiger charge is 1.97. The van der Waals surface area contributed by atoms with E-state index < -0.39 is 6.04 Å². The van der Waals surface area contributed by atoms with Crippen molar-refractivity contribution >= 4 is 6.04 Å². The highest BCUT2D eigenvalue weighted by molar-refractivity contribution is 5.71. The molecular formula is C8H7FO. The van der Waals surface area contributed by atoms with E-state index in [-0.39, 0.29) is 6.42 Å². The first-order valence-corrected chi connectivity index (χ1v) is 3.01. The molecule has 0 amide bonds. The fourth-order valence-corrected chi connectivity index (χ4v) is 0.756. The second-order valence-electron chi connectivity index (χ2n) is 2.02. The van der Waals surface area contributed by atoms with Crippen molar-refractivity contribution in [2.75, 3.05) is 0 Å². The average Bonchev–Trinajstić information content (AvgIpc) is 1.88. The highest BCUT2D eigenvalue weighted by atomic mass is 19.1. The van der Waals surface area contributed by atoms with E-state index in [2.05, 4.69) is 0 Å². The molecule has 10 heavy (non-hydrogen) atoms. The second-order valence-corrected chi connectivity index (χ2v) is 2.02. The summed E-state index contributed by atoms with van der Waals surface area (Å²) < 4.78 is 11.7. The molecular weight excluding hydrogens is 131 g/mol. The van der Waals surface area contributed by atoms with Gasteiger partial charge in [-0.05, 0) is 5.56 Å². The summed E-state index contributed by atoms with van der Waals surface area (Å²) in [4.78, 5) is 9.95. The van der Waals surface area contributed by atoms with Gasteiger partial charge in [-0.15, -0.1) is 0 Å². The van der Waals surface area contributed by atoms with Gasteiger partial charge in [0, 0.05) is 0 Å².